The van der Waals surface area contributed by atoms with Gasteiger partial charge in [0.2, 0.25) is 0 Å². The molecule has 2 unspecified atom stereocenters. The number of rotatable bonds is 36. The second-order valence-electron chi connectivity index (χ2n) is 14.6. The zero-order chi connectivity index (χ0) is 40.7. The lowest BCUT2D eigenvalue weighted by atomic mass is 10.1. The predicted octanol–water partition coefficient (Wildman–Crippen LogP) is 11.0. The number of quaternary nitrogens is 1. The zero-order valence-electron chi connectivity index (χ0n) is 35.1. The minimum Gasteiger partial charge on any atom is -0.756 e. The number of nitrogens with zero attached hydrogens (tertiary/aromatic N) is 1. The second-order valence-corrected chi connectivity index (χ2v) is 16.0. The van der Waals surface area contributed by atoms with E-state index in [1.807, 2.05) is 21.1 Å². The van der Waals surface area contributed by atoms with Crippen LogP contribution in [0, 0.1) is 0 Å². The number of carbonyl (C=O) groups is 2. The third kappa shape index (κ3) is 40.7. The summed E-state index contributed by atoms with van der Waals surface area (Å²) in [7, 11) is 1.12. The second kappa shape index (κ2) is 36.8. The van der Waals surface area contributed by atoms with Crippen molar-refractivity contribution in [2.24, 2.45) is 0 Å². The number of ether oxygens (including phenoxy) is 2. The highest BCUT2D eigenvalue weighted by Gasteiger charge is 2.21. The maximum absolute atomic E-state index is 12.6. The standard InChI is InChI=1S/C45H76NO8P/c1-6-8-10-12-14-15-16-17-18-19-20-21-22-23-24-25-26-27-28-29-30-31-32-34-36-38-45(48)54-43(41-51-44(47)37-35-33-13-11-9-7-2)42-53-55(49,50)52-40-39-46(3,4)5/h8,10,14-15,17-18,20-21,23-24,26-27,29-30,43H,6-7,9,11-13,16,19,22,25,28,31-42H2,1-5H3/b10-8-,15-14-,18-17-,21-20-,24-23-,27-26-,30-29-. The topological polar surface area (TPSA) is 111 Å². The Morgan fingerprint density at radius 1 is 0.582 bits per heavy atom. The van der Waals surface area contributed by atoms with E-state index in [0.717, 1.165) is 96.3 Å². The molecule has 0 aromatic rings. The average molecular weight is 790 g/mol. The Balaban J connectivity index is 4.32. The van der Waals surface area contributed by atoms with Gasteiger partial charge < -0.3 is 27.9 Å². The first-order valence-electron chi connectivity index (χ1n) is 20.8. The zero-order valence-corrected chi connectivity index (χ0v) is 36.0. The van der Waals surface area contributed by atoms with Gasteiger partial charge in [-0.2, -0.15) is 0 Å². The quantitative estimate of drug-likeness (QED) is 0.0203. The lowest BCUT2D eigenvalue weighted by Gasteiger charge is -2.28. The van der Waals surface area contributed by atoms with Crippen LogP contribution in [0.3, 0.4) is 0 Å². The fraction of sp³-hybridized carbons (Fsp3) is 0.644. The molecule has 55 heavy (non-hydrogen) atoms. The Hall–Kier alpha value is -2.81. The minimum absolute atomic E-state index is 0.0420. The molecule has 0 N–H and O–H groups in total. The summed E-state index contributed by atoms with van der Waals surface area (Å²) in [5.74, 6) is -0.893. The number of phosphoric acid groups is 1. The van der Waals surface area contributed by atoms with E-state index in [9.17, 15) is 19.0 Å². The normalized spacial score (nSPS) is 14.5. The molecule has 0 aliphatic rings. The summed E-state index contributed by atoms with van der Waals surface area (Å²) < 4.78 is 33.6. The third-order valence-corrected chi connectivity index (χ3v) is 9.14. The van der Waals surface area contributed by atoms with Gasteiger partial charge in [-0.15, -0.1) is 0 Å². The molecular weight excluding hydrogens is 713 g/mol. The first-order valence-corrected chi connectivity index (χ1v) is 22.3. The summed E-state index contributed by atoms with van der Waals surface area (Å²) >= 11 is 0. The number of allylic oxidation sites excluding steroid dienone is 14. The van der Waals surface area contributed by atoms with Gasteiger partial charge in [0.25, 0.3) is 7.82 Å². The maximum Gasteiger partial charge on any atom is 0.306 e. The van der Waals surface area contributed by atoms with Crippen LogP contribution in [0.5, 0.6) is 0 Å². The summed E-state index contributed by atoms with van der Waals surface area (Å²) in [6.07, 6.45) is 46.5. The summed E-state index contributed by atoms with van der Waals surface area (Å²) in [6.45, 7) is 3.96. The number of hydrogen-bond donors (Lipinski definition) is 0. The molecule has 0 radical (unpaired) electrons. The van der Waals surface area contributed by atoms with E-state index in [1.54, 1.807) is 0 Å². The van der Waals surface area contributed by atoms with Gasteiger partial charge in [0.15, 0.2) is 6.10 Å². The number of carbonyl (C=O) groups excluding carboxylic acids is 2. The molecule has 0 rings (SSSR count). The smallest absolute Gasteiger partial charge is 0.306 e. The number of esters is 2. The van der Waals surface area contributed by atoms with Crippen LogP contribution < -0.4 is 4.89 Å². The van der Waals surface area contributed by atoms with Crippen LogP contribution in [0.15, 0.2) is 85.1 Å². The van der Waals surface area contributed by atoms with E-state index >= 15 is 0 Å². The van der Waals surface area contributed by atoms with Crippen LogP contribution in [0.25, 0.3) is 0 Å². The average Bonchev–Trinajstić information content (AvgIpc) is 3.13. The van der Waals surface area contributed by atoms with E-state index in [2.05, 4.69) is 98.9 Å². The maximum atomic E-state index is 12.6. The van der Waals surface area contributed by atoms with Crippen molar-refractivity contribution >= 4 is 19.8 Å². The fourth-order valence-corrected chi connectivity index (χ4v) is 5.65. The molecule has 0 aliphatic carbocycles. The fourth-order valence-electron chi connectivity index (χ4n) is 4.93. The van der Waals surface area contributed by atoms with Crippen molar-refractivity contribution in [2.75, 3.05) is 47.5 Å². The molecule has 10 heteroatoms. The minimum atomic E-state index is -4.63. The first kappa shape index (κ1) is 52.2. The van der Waals surface area contributed by atoms with Crippen LogP contribution in [0.2, 0.25) is 0 Å². The number of hydrogen-bond acceptors (Lipinski definition) is 8. The van der Waals surface area contributed by atoms with Crippen molar-refractivity contribution < 1.29 is 42.1 Å². The molecule has 0 spiro atoms. The van der Waals surface area contributed by atoms with E-state index in [4.69, 9.17) is 18.5 Å². The Kier molecular flexibility index (Phi) is 34.9. The lowest BCUT2D eigenvalue weighted by Crippen LogP contribution is -2.37. The Bertz CT molecular complexity index is 1210. The monoisotopic (exact) mass is 790 g/mol. The molecule has 0 amide bonds. The SMILES string of the molecule is CC/C=C\C/C=C\C/C=C\C/C=C\C/C=C\C/C=C\C/C=C\CCCCCC(=O)OC(COC(=O)CCCCCCCC)COP(=O)([O-])OCC[N+](C)(C)C. The van der Waals surface area contributed by atoms with E-state index < -0.39 is 32.5 Å². The Morgan fingerprint density at radius 3 is 1.55 bits per heavy atom. The van der Waals surface area contributed by atoms with Crippen LogP contribution in [0.4, 0.5) is 0 Å². The summed E-state index contributed by atoms with van der Waals surface area (Å²) in [6, 6.07) is 0. The van der Waals surface area contributed by atoms with Crippen LogP contribution in [-0.4, -0.2) is 70.0 Å². The molecule has 0 aromatic heterocycles. The van der Waals surface area contributed by atoms with E-state index in [1.165, 1.54) is 6.42 Å². The molecule has 0 heterocycles. The first-order chi connectivity index (χ1) is 26.5. The lowest BCUT2D eigenvalue weighted by molar-refractivity contribution is -0.870. The summed E-state index contributed by atoms with van der Waals surface area (Å²) in [5, 5.41) is 0. The van der Waals surface area contributed by atoms with Gasteiger partial charge in [0, 0.05) is 12.8 Å². The molecule has 9 nitrogen and oxygen atoms in total. The van der Waals surface area contributed by atoms with Gasteiger partial charge in [0.05, 0.1) is 27.7 Å². The highest BCUT2D eigenvalue weighted by molar-refractivity contribution is 7.45. The van der Waals surface area contributed by atoms with Gasteiger partial charge in [-0.3, -0.25) is 14.2 Å². The van der Waals surface area contributed by atoms with Crippen molar-refractivity contribution in [1.29, 1.82) is 0 Å². The van der Waals surface area contributed by atoms with E-state index in [-0.39, 0.29) is 26.1 Å². The van der Waals surface area contributed by atoms with Crippen LogP contribution >= 0.6 is 7.82 Å². The number of unbranched alkanes of at least 4 members (excludes halogenated alkanes) is 8. The molecule has 0 saturated heterocycles. The third-order valence-electron chi connectivity index (χ3n) is 8.18. The highest BCUT2D eigenvalue weighted by Crippen LogP contribution is 2.38. The molecule has 0 saturated carbocycles. The van der Waals surface area contributed by atoms with Gasteiger partial charge in [-0.05, 0) is 70.6 Å². The van der Waals surface area contributed by atoms with E-state index in [0.29, 0.717) is 17.4 Å². The van der Waals surface area contributed by atoms with Crippen molar-refractivity contribution in [1.82, 2.24) is 0 Å². The molecule has 0 fully saturated rings. The Morgan fingerprint density at radius 2 is 1.04 bits per heavy atom. The predicted molar refractivity (Wildman–Crippen MR) is 226 cm³/mol. The number of likely N-dealkylation sites (N-methyl/N-ethyl adjacent to an activating group) is 1. The number of phosphoric ester groups is 1. The van der Waals surface area contributed by atoms with Crippen LogP contribution in [-0.2, 0) is 32.7 Å². The molecule has 0 aliphatic heterocycles. The Labute approximate surface area is 335 Å². The summed E-state index contributed by atoms with van der Waals surface area (Å²) in [5.41, 5.74) is 0. The van der Waals surface area contributed by atoms with Crippen molar-refractivity contribution in [3.63, 3.8) is 0 Å². The summed E-state index contributed by atoms with van der Waals surface area (Å²) in [4.78, 5) is 37.2. The molecule has 0 aromatic carbocycles. The van der Waals surface area contributed by atoms with Crippen molar-refractivity contribution in [3.05, 3.63) is 85.1 Å². The largest absolute Gasteiger partial charge is 0.756 e. The van der Waals surface area contributed by atoms with Gasteiger partial charge in [-0.25, -0.2) is 0 Å². The molecule has 2 atom stereocenters. The van der Waals surface area contributed by atoms with Crippen molar-refractivity contribution in [3.8, 4) is 0 Å². The molecule has 0 bridgehead atoms. The highest BCUT2D eigenvalue weighted by atomic mass is 31.2. The van der Waals surface area contributed by atoms with Crippen LogP contribution in [0.1, 0.15) is 136 Å². The van der Waals surface area contributed by atoms with Crippen molar-refractivity contribution in [2.45, 2.75) is 142 Å². The molecular formula is C45H76NO8P. The van der Waals surface area contributed by atoms with Gasteiger partial charge in [-0.1, -0.05) is 137 Å². The van der Waals surface area contributed by atoms with Gasteiger partial charge in [0.1, 0.15) is 19.8 Å². The van der Waals surface area contributed by atoms with Gasteiger partial charge >= 0.3 is 11.9 Å². The molecule has 314 valence electrons.